The highest BCUT2D eigenvalue weighted by molar-refractivity contribution is 6.29. The minimum Gasteiger partial charge on any atom is -0.402 e. The number of cyclic esters (lactones) is 1. The fourth-order valence-corrected chi connectivity index (χ4v) is 1.86. The molecule has 1 aliphatic heterocycles. The van der Waals surface area contributed by atoms with Gasteiger partial charge in [-0.15, -0.1) is 0 Å². The molecular weight excluding hydrogens is 276 g/mol. The van der Waals surface area contributed by atoms with Gasteiger partial charge in [0.15, 0.2) is 5.70 Å². The molecule has 0 atom stereocenters. The largest absolute Gasteiger partial charge is 0.402 e. The van der Waals surface area contributed by atoms with E-state index < -0.39 is 5.97 Å². The van der Waals surface area contributed by atoms with Gasteiger partial charge in [0.05, 0.1) is 0 Å². The Hall–Kier alpha value is -2.46. The maximum absolute atomic E-state index is 11.8. The maximum atomic E-state index is 11.8. The van der Waals surface area contributed by atoms with Crippen molar-refractivity contribution in [1.29, 1.82) is 0 Å². The van der Waals surface area contributed by atoms with Gasteiger partial charge in [0.1, 0.15) is 5.15 Å². The Morgan fingerprint density at radius 2 is 1.90 bits per heavy atom. The second kappa shape index (κ2) is 5.27. The number of aliphatic imine (C=N–C) groups is 1. The molecule has 0 aliphatic carbocycles. The fourth-order valence-electron chi connectivity index (χ4n) is 1.74. The second-order valence-corrected chi connectivity index (χ2v) is 4.50. The molecule has 0 amide bonds. The number of carbonyl (C=O) groups excluding carboxylic acids is 1. The monoisotopic (exact) mass is 284 g/mol. The van der Waals surface area contributed by atoms with Gasteiger partial charge >= 0.3 is 5.97 Å². The lowest BCUT2D eigenvalue weighted by Crippen LogP contribution is -2.04. The topological polar surface area (TPSA) is 51.5 Å². The molecule has 0 bridgehead atoms. The van der Waals surface area contributed by atoms with Crippen LogP contribution in [0.5, 0.6) is 0 Å². The maximum Gasteiger partial charge on any atom is 0.363 e. The zero-order chi connectivity index (χ0) is 13.9. The van der Waals surface area contributed by atoms with E-state index >= 15 is 0 Å². The first kappa shape index (κ1) is 12.6. The lowest BCUT2D eigenvalue weighted by atomic mass is 10.2. The molecule has 5 heteroatoms. The van der Waals surface area contributed by atoms with E-state index in [1.165, 1.54) is 0 Å². The summed E-state index contributed by atoms with van der Waals surface area (Å²) in [5.74, 6) is -0.164. The van der Waals surface area contributed by atoms with Crippen LogP contribution in [-0.2, 0) is 9.53 Å². The Morgan fingerprint density at radius 3 is 2.60 bits per heavy atom. The number of nitrogens with zero attached hydrogens (tertiary/aromatic N) is 2. The number of rotatable bonds is 2. The molecule has 0 radical (unpaired) electrons. The summed E-state index contributed by atoms with van der Waals surface area (Å²) in [5, 5.41) is 0.398. The van der Waals surface area contributed by atoms with E-state index in [9.17, 15) is 4.79 Å². The normalized spacial score (nSPS) is 16.1. The number of aromatic nitrogens is 1. The summed E-state index contributed by atoms with van der Waals surface area (Å²) in [5.41, 5.74) is 1.74. The molecule has 4 nitrogen and oxygen atoms in total. The quantitative estimate of drug-likeness (QED) is 0.484. The van der Waals surface area contributed by atoms with E-state index in [1.54, 1.807) is 24.4 Å². The van der Waals surface area contributed by atoms with Gasteiger partial charge in [0, 0.05) is 11.8 Å². The molecule has 2 aromatic rings. The number of halogens is 1. The van der Waals surface area contributed by atoms with Crippen LogP contribution < -0.4 is 0 Å². The standard InChI is InChI=1S/C15H9ClN2O2/c16-13-7-6-10(9-17-13)8-12-15(19)20-14(18-12)11-4-2-1-3-5-11/h1-9H/b12-8+. The minimum atomic E-state index is -0.473. The zero-order valence-corrected chi connectivity index (χ0v) is 11.0. The molecule has 0 saturated carbocycles. The zero-order valence-electron chi connectivity index (χ0n) is 10.3. The first-order valence-corrected chi connectivity index (χ1v) is 6.30. The van der Waals surface area contributed by atoms with Gasteiger partial charge in [-0.3, -0.25) is 0 Å². The lowest BCUT2D eigenvalue weighted by molar-refractivity contribution is -0.129. The highest BCUT2D eigenvalue weighted by atomic mass is 35.5. The SMILES string of the molecule is O=C1OC(c2ccccc2)=N/C1=C/c1ccc(Cl)nc1. The molecular formula is C15H9ClN2O2. The summed E-state index contributed by atoms with van der Waals surface area (Å²) in [6.07, 6.45) is 3.18. The van der Waals surface area contributed by atoms with Crippen molar-refractivity contribution >= 4 is 29.5 Å². The summed E-state index contributed by atoms with van der Waals surface area (Å²) in [6.45, 7) is 0. The summed E-state index contributed by atoms with van der Waals surface area (Å²) in [7, 11) is 0. The van der Waals surface area contributed by atoms with Crippen molar-refractivity contribution in [1.82, 2.24) is 4.98 Å². The minimum absolute atomic E-state index is 0.243. The van der Waals surface area contributed by atoms with Gasteiger partial charge in [-0.25, -0.2) is 14.8 Å². The molecule has 1 aromatic carbocycles. The third kappa shape index (κ3) is 2.60. The Balaban J connectivity index is 1.92. The Bertz CT molecular complexity index is 706. The number of esters is 1. The molecule has 0 saturated heterocycles. The van der Waals surface area contributed by atoms with Crippen LogP contribution in [0.15, 0.2) is 59.4 Å². The molecule has 0 spiro atoms. The van der Waals surface area contributed by atoms with Crippen molar-refractivity contribution in [3.63, 3.8) is 0 Å². The average Bonchev–Trinajstić information content (AvgIpc) is 2.84. The van der Waals surface area contributed by atoms with Crippen LogP contribution in [0.4, 0.5) is 0 Å². The van der Waals surface area contributed by atoms with Crippen molar-refractivity contribution in [2.45, 2.75) is 0 Å². The van der Waals surface area contributed by atoms with Gasteiger partial charge in [-0.05, 0) is 29.8 Å². The molecule has 98 valence electrons. The van der Waals surface area contributed by atoms with Crippen LogP contribution in [0.2, 0.25) is 5.15 Å². The molecule has 0 N–H and O–H groups in total. The Morgan fingerprint density at radius 1 is 1.10 bits per heavy atom. The first-order valence-electron chi connectivity index (χ1n) is 5.92. The van der Waals surface area contributed by atoms with Crippen molar-refractivity contribution in [3.8, 4) is 0 Å². The summed E-state index contributed by atoms with van der Waals surface area (Å²) in [4.78, 5) is 19.9. The highest BCUT2D eigenvalue weighted by Crippen LogP contribution is 2.19. The van der Waals surface area contributed by atoms with E-state index in [1.807, 2.05) is 30.3 Å². The van der Waals surface area contributed by atoms with E-state index in [0.29, 0.717) is 11.1 Å². The number of ether oxygens (including phenoxy) is 1. The van der Waals surface area contributed by atoms with Gasteiger partial charge in [0.2, 0.25) is 5.90 Å². The lowest BCUT2D eigenvalue weighted by Gasteiger charge is -1.97. The van der Waals surface area contributed by atoms with Gasteiger partial charge in [0.25, 0.3) is 0 Å². The summed E-state index contributed by atoms with van der Waals surface area (Å²) < 4.78 is 5.15. The molecule has 0 unspecified atom stereocenters. The van der Waals surface area contributed by atoms with E-state index in [-0.39, 0.29) is 5.70 Å². The molecule has 1 aliphatic rings. The van der Waals surface area contributed by atoms with Crippen LogP contribution in [0.3, 0.4) is 0 Å². The number of carbonyl (C=O) groups is 1. The van der Waals surface area contributed by atoms with Gasteiger partial charge in [-0.2, -0.15) is 0 Å². The van der Waals surface area contributed by atoms with E-state index in [2.05, 4.69) is 9.98 Å². The van der Waals surface area contributed by atoms with Crippen molar-refractivity contribution in [2.75, 3.05) is 0 Å². The molecule has 2 heterocycles. The predicted octanol–water partition coefficient (Wildman–Crippen LogP) is 3.08. The van der Waals surface area contributed by atoms with Crippen LogP contribution in [0, 0.1) is 0 Å². The van der Waals surface area contributed by atoms with Crippen molar-refractivity contribution in [2.24, 2.45) is 4.99 Å². The summed E-state index contributed by atoms with van der Waals surface area (Å²) >= 11 is 5.71. The second-order valence-electron chi connectivity index (χ2n) is 4.12. The fraction of sp³-hybridized carbons (Fsp3) is 0. The van der Waals surface area contributed by atoms with Crippen molar-refractivity contribution in [3.05, 3.63) is 70.6 Å². The Kier molecular flexibility index (Phi) is 3.31. The number of pyridine rings is 1. The Labute approximate surface area is 120 Å². The number of benzene rings is 1. The molecule has 0 fully saturated rings. The molecule has 20 heavy (non-hydrogen) atoms. The third-order valence-electron chi connectivity index (χ3n) is 2.69. The highest BCUT2D eigenvalue weighted by Gasteiger charge is 2.23. The third-order valence-corrected chi connectivity index (χ3v) is 2.92. The van der Waals surface area contributed by atoms with Crippen LogP contribution >= 0.6 is 11.6 Å². The van der Waals surface area contributed by atoms with Crippen molar-refractivity contribution < 1.29 is 9.53 Å². The predicted molar refractivity (Wildman–Crippen MR) is 76.3 cm³/mol. The van der Waals surface area contributed by atoms with Gasteiger partial charge in [-0.1, -0.05) is 35.9 Å². The first-order chi connectivity index (χ1) is 9.72. The molecule has 1 aromatic heterocycles. The van der Waals surface area contributed by atoms with Crippen LogP contribution in [0.25, 0.3) is 6.08 Å². The number of hydrogen-bond acceptors (Lipinski definition) is 4. The molecule has 3 rings (SSSR count). The number of hydrogen-bond donors (Lipinski definition) is 0. The smallest absolute Gasteiger partial charge is 0.363 e. The van der Waals surface area contributed by atoms with E-state index in [0.717, 1.165) is 11.1 Å². The van der Waals surface area contributed by atoms with Crippen LogP contribution in [-0.4, -0.2) is 16.9 Å². The summed E-state index contributed by atoms with van der Waals surface area (Å²) in [6, 6.07) is 12.7. The average molecular weight is 285 g/mol. The van der Waals surface area contributed by atoms with Gasteiger partial charge < -0.3 is 4.74 Å². The van der Waals surface area contributed by atoms with Crippen LogP contribution in [0.1, 0.15) is 11.1 Å². The van der Waals surface area contributed by atoms with E-state index in [4.69, 9.17) is 16.3 Å².